The number of hydrogen-bond acceptors (Lipinski definition) is 4. The number of aromatic nitrogens is 4. The van der Waals surface area contributed by atoms with Crippen molar-refractivity contribution in [3.63, 3.8) is 0 Å². The summed E-state index contributed by atoms with van der Waals surface area (Å²) < 4.78 is 9.38. The average Bonchev–Trinajstić information content (AvgIpc) is 3.40. The lowest BCUT2D eigenvalue weighted by Crippen LogP contribution is -2.12. The Bertz CT molecular complexity index is 1280. The molecule has 0 radical (unpaired) electrons. The van der Waals surface area contributed by atoms with Crippen molar-refractivity contribution in [2.24, 2.45) is 0 Å². The average molecular weight is 472 g/mol. The van der Waals surface area contributed by atoms with Crippen molar-refractivity contribution in [3.8, 4) is 0 Å². The monoisotopic (exact) mass is 471 g/mol. The van der Waals surface area contributed by atoms with Gasteiger partial charge in [-0.2, -0.15) is 10.2 Å². The van der Waals surface area contributed by atoms with Gasteiger partial charge in [-0.3, -0.25) is 14.2 Å². The third-order valence-corrected chi connectivity index (χ3v) is 6.15. The molecule has 0 aliphatic carbocycles. The Morgan fingerprint density at radius 2 is 1.56 bits per heavy atom. The maximum Gasteiger partial charge on any atom is 0.291 e. The first-order chi connectivity index (χ1) is 15.2. The molecular formula is C23H23Cl2N5O2. The van der Waals surface area contributed by atoms with Crippen LogP contribution in [-0.4, -0.2) is 25.5 Å². The third-order valence-electron chi connectivity index (χ3n) is 5.35. The zero-order chi connectivity index (χ0) is 23.0. The Morgan fingerprint density at radius 3 is 2.22 bits per heavy atom. The van der Waals surface area contributed by atoms with Crippen LogP contribution in [-0.2, 0) is 13.1 Å². The molecule has 0 saturated heterocycles. The second-order valence-corrected chi connectivity index (χ2v) is 8.51. The van der Waals surface area contributed by atoms with Gasteiger partial charge < -0.3 is 9.73 Å². The van der Waals surface area contributed by atoms with Crippen LogP contribution in [0.15, 0.2) is 40.8 Å². The van der Waals surface area contributed by atoms with Crippen molar-refractivity contribution in [2.75, 3.05) is 5.32 Å². The number of nitrogens with zero attached hydrogens (tertiary/aromatic N) is 4. The molecule has 7 nitrogen and oxygen atoms in total. The number of rotatable bonds is 6. The lowest BCUT2D eigenvalue weighted by atomic mass is 10.2. The van der Waals surface area contributed by atoms with Crippen molar-refractivity contribution in [2.45, 2.75) is 40.8 Å². The molecule has 0 aliphatic rings. The molecule has 9 heteroatoms. The van der Waals surface area contributed by atoms with Gasteiger partial charge in [0.1, 0.15) is 5.76 Å². The van der Waals surface area contributed by atoms with Crippen LogP contribution in [0.5, 0.6) is 0 Å². The summed E-state index contributed by atoms with van der Waals surface area (Å²) in [5.74, 6) is 0.501. The molecule has 1 aromatic carbocycles. The van der Waals surface area contributed by atoms with E-state index >= 15 is 0 Å². The minimum Gasteiger partial charge on any atom is -0.454 e. The fourth-order valence-corrected chi connectivity index (χ4v) is 3.79. The van der Waals surface area contributed by atoms with E-state index in [1.807, 2.05) is 56.6 Å². The number of halogens is 2. The molecule has 32 heavy (non-hydrogen) atoms. The van der Waals surface area contributed by atoms with Crippen LogP contribution >= 0.6 is 23.2 Å². The summed E-state index contributed by atoms with van der Waals surface area (Å²) in [6, 6.07) is 11.0. The number of nitrogens with one attached hydrogen (secondary N) is 1. The minimum atomic E-state index is -0.333. The smallest absolute Gasteiger partial charge is 0.291 e. The second kappa shape index (κ2) is 8.84. The Labute approximate surface area is 195 Å². The van der Waals surface area contributed by atoms with Crippen LogP contribution in [0.1, 0.15) is 44.7 Å². The number of furan rings is 1. The van der Waals surface area contributed by atoms with Gasteiger partial charge in [-0.1, -0.05) is 35.3 Å². The van der Waals surface area contributed by atoms with E-state index in [1.165, 1.54) is 0 Å². The van der Waals surface area contributed by atoms with Gasteiger partial charge in [0, 0.05) is 5.02 Å². The van der Waals surface area contributed by atoms with E-state index in [0.717, 1.165) is 28.3 Å². The fourth-order valence-electron chi connectivity index (χ4n) is 3.53. The van der Waals surface area contributed by atoms with Gasteiger partial charge in [-0.25, -0.2) is 0 Å². The van der Waals surface area contributed by atoms with Gasteiger partial charge in [0.15, 0.2) is 5.76 Å². The van der Waals surface area contributed by atoms with E-state index < -0.39 is 0 Å². The quantitative estimate of drug-likeness (QED) is 0.399. The van der Waals surface area contributed by atoms with Crippen molar-refractivity contribution < 1.29 is 9.21 Å². The number of carbonyl (C=O) groups is 1. The summed E-state index contributed by atoms with van der Waals surface area (Å²) in [5.41, 5.74) is 4.94. The molecule has 0 atom stereocenters. The predicted molar refractivity (Wildman–Crippen MR) is 125 cm³/mol. The molecule has 0 fully saturated rings. The maximum absolute atomic E-state index is 12.8. The topological polar surface area (TPSA) is 77.9 Å². The molecule has 0 saturated carbocycles. The molecule has 0 unspecified atom stereocenters. The van der Waals surface area contributed by atoms with Crippen molar-refractivity contribution in [3.05, 3.63) is 86.3 Å². The number of benzene rings is 1. The highest BCUT2D eigenvalue weighted by Crippen LogP contribution is 2.23. The molecule has 166 valence electrons. The predicted octanol–water partition coefficient (Wildman–Crippen LogP) is 5.56. The summed E-state index contributed by atoms with van der Waals surface area (Å²) in [6.45, 7) is 8.50. The molecule has 3 heterocycles. The Morgan fingerprint density at radius 1 is 0.906 bits per heavy atom. The largest absolute Gasteiger partial charge is 0.454 e. The van der Waals surface area contributed by atoms with Gasteiger partial charge >= 0.3 is 0 Å². The first kappa shape index (κ1) is 22.2. The summed E-state index contributed by atoms with van der Waals surface area (Å²) in [6.07, 6.45) is 0. The maximum atomic E-state index is 12.8. The molecule has 1 N–H and O–H groups in total. The van der Waals surface area contributed by atoms with Crippen LogP contribution in [0.25, 0.3) is 0 Å². The standard InChI is InChI=1S/C23H23Cl2N5O2/c1-13-21(25)15(3)30(27-13)12-19-9-10-20(32-19)23(31)26-22-14(2)28-29(16(22)4)11-17-5-7-18(24)8-6-17/h5-10H,11-12H2,1-4H3,(H,26,31). The number of hydrogen-bond donors (Lipinski definition) is 1. The number of anilines is 1. The molecular weight excluding hydrogens is 449 g/mol. The zero-order valence-electron chi connectivity index (χ0n) is 18.2. The van der Waals surface area contributed by atoms with Crippen LogP contribution < -0.4 is 5.32 Å². The highest BCUT2D eigenvalue weighted by molar-refractivity contribution is 6.31. The third kappa shape index (κ3) is 4.45. The number of aryl methyl sites for hydroxylation is 2. The molecule has 4 rings (SSSR count). The molecule has 0 spiro atoms. The van der Waals surface area contributed by atoms with Crippen molar-refractivity contribution in [1.29, 1.82) is 0 Å². The first-order valence-corrected chi connectivity index (χ1v) is 10.9. The van der Waals surface area contributed by atoms with Crippen molar-refractivity contribution in [1.82, 2.24) is 19.6 Å². The Kier molecular flexibility index (Phi) is 6.13. The summed E-state index contributed by atoms with van der Waals surface area (Å²) >= 11 is 12.2. The first-order valence-electron chi connectivity index (χ1n) is 10.1. The Balaban J connectivity index is 1.48. The van der Waals surface area contributed by atoms with E-state index in [-0.39, 0.29) is 11.7 Å². The summed E-state index contributed by atoms with van der Waals surface area (Å²) in [5, 5.41) is 13.2. The van der Waals surface area contributed by atoms with Gasteiger partial charge in [0.25, 0.3) is 5.91 Å². The van der Waals surface area contributed by atoms with Gasteiger partial charge in [-0.15, -0.1) is 0 Å². The van der Waals surface area contributed by atoms with Crippen LogP contribution in [0, 0.1) is 27.7 Å². The molecule has 0 bridgehead atoms. The van der Waals surface area contributed by atoms with E-state index in [2.05, 4.69) is 15.5 Å². The summed E-state index contributed by atoms with van der Waals surface area (Å²) in [4.78, 5) is 12.8. The second-order valence-electron chi connectivity index (χ2n) is 7.69. The van der Waals surface area contributed by atoms with Crippen LogP contribution in [0.2, 0.25) is 10.0 Å². The van der Waals surface area contributed by atoms with E-state index in [4.69, 9.17) is 27.6 Å². The van der Waals surface area contributed by atoms with Crippen LogP contribution in [0.4, 0.5) is 5.69 Å². The highest BCUT2D eigenvalue weighted by atomic mass is 35.5. The van der Waals surface area contributed by atoms with Gasteiger partial charge in [0.05, 0.1) is 46.6 Å². The minimum absolute atomic E-state index is 0.219. The van der Waals surface area contributed by atoms with Gasteiger partial charge in [-0.05, 0) is 57.5 Å². The lowest BCUT2D eigenvalue weighted by Gasteiger charge is -2.07. The fraction of sp³-hybridized carbons (Fsp3) is 0.261. The number of carbonyl (C=O) groups excluding carboxylic acids is 1. The van der Waals surface area contributed by atoms with E-state index in [9.17, 15) is 4.79 Å². The Hall–Kier alpha value is -3.03. The van der Waals surface area contributed by atoms with Gasteiger partial charge in [0.2, 0.25) is 0 Å². The SMILES string of the molecule is Cc1nn(Cc2ccc(C(=O)Nc3c(C)nn(Cc4ccc(Cl)cc4)c3C)o2)c(C)c1Cl. The molecule has 4 aromatic rings. The summed E-state index contributed by atoms with van der Waals surface area (Å²) in [7, 11) is 0. The lowest BCUT2D eigenvalue weighted by molar-refractivity contribution is 0.0994. The molecule has 3 aromatic heterocycles. The highest BCUT2D eigenvalue weighted by Gasteiger charge is 2.18. The van der Waals surface area contributed by atoms with E-state index in [0.29, 0.717) is 34.6 Å². The van der Waals surface area contributed by atoms with E-state index in [1.54, 1.807) is 16.8 Å². The number of amides is 1. The van der Waals surface area contributed by atoms with Crippen LogP contribution in [0.3, 0.4) is 0 Å². The van der Waals surface area contributed by atoms with Crippen molar-refractivity contribution >= 4 is 34.8 Å². The normalized spacial score (nSPS) is 11.2. The molecule has 0 aliphatic heterocycles. The molecule has 1 amide bonds. The zero-order valence-corrected chi connectivity index (χ0v) is 19.8.